The molecular formula is C15H20N2O3. The molecule has 20 heavy (non-hydrogen) atoms. The summed E-state index contributed by atoms with van der Waals surface area (Å²) in [7, 11) is 0. The van der Waals surface area contributed by atoms with Gasteiger partial charge >= 0.3 is 6.09 Å². The number of likely N-dealkylation sites (tertiary alicyclic amines) is 1. The lowest BCUT2D eigenvalue weighted by atomic mass is 9.97. The highest BCUT2D eigenvalue weighted by Gasteiger charge is 2.45. The minimum absolute atomic E-state index is 0.0118. The zero-order chi connectivity index (χ0) is 14.5. The van der Waals surface area contributed by atoms with E-state index in [1.165, 1.54) is 0 Å². The summed E-state index contributed by atoms with van der Waals surface area (Å²) in [6.45, 7) is 6.75. The van der Waals surface area contributed by atoms with E-state index in [1.54, 1.807) is 4.90 Å². The van der Waals surface area contributed by atoms with E-state index in [1.807, 2.05) is 39.0 Å². The minimum Gasteiger partial charge on any atom is -0.487 e. The van der Waals surface area contributed by atoms with Crippen molar-refractivity contribution in [3.8, 4) is 5.75 Å². The fourth-order valence-corrected chi connectivity index (χ4v) is 2.87. The van der Waals surface area contributed by atoms with Gasteiger partial charge in [-0.3, -0.25) is 0 Å². The van der Waals surface area contributed by atoms with Crippen LogP contribution in [0.3, 0.4) is 0 Å². The van der Waals surface area contributed by atoms with Crippen LogP contribution in [0, 0.1) is 0 Å². The smallest absolute Gasteiger partial charge is 0.410 e. The van der Waals surface area contributed by atoms with Gasteiger partial charge in [0.1, 0.15) is 17.5 Å². The molecule has 1 fully saturated rings. The fourth-order valence-electron chi connectivity index (χ4n) is 2.87. The number of ether oxygens (including phenoxy) is 2. The van der Waals surface area contributed by atoms with Gasteiger partial charge in [0.15, 0.2) is 0 Å². The van der Waals surface area contributed by atoms with E-state index in [-0.39, 0.29) is 18.1 Å². The molecule has 2 heterocycles. The highest BCUT2D eigenvalue weighted by atomic mass is 16.6. The molecule has 1 aromatic carbocycles. The third-order valence-corrected chi connectivity index (χ3v) is 3.67. The van der Waals surface area contributed by atoms with Crippen molar-refractivity contribution in [3.05, 3.63) is 23.8 Å². The molecule has 0 aliphatic carbocycles. The number of carbonyl (C=O) groups excluding carboxylic acids is 1. The number of hydrogen-bond donors (Lipinski definition) is 1. The van der Waals surface area contributed by atoms with Gasteiger partial charge in [0.25, 0.3) is 0 Å². The summed E-state index contributed by atoms with van der Waals surface area (Å²) in [5.41, 5.74) is 7.33. The molecule has 3 rings (SSSR count). The lowest BCUT2D eigenvalue weighted by molar-refractivity contribution is 0.0273. The Hall–Kier alpha value is -1.91. The number of hydrogen-bond acceptors (Lipinski definition) is 4. The topological polar surface area (TPSA) is 64.8 Å². The average Bonchev–Trinajstić information content (AvgIpc) is 2.83. The van der Waals surface area contributed by atoms with Crippen molar-refractivity contribution < 1.29 is 14.3 Å². The first-order chi connectivity index (χ1) is 9.35. The van der Waals surface area contributed by atoms with Gasteiger partial charge in [-0.2, -0.15) is 0 Å². The van der Waals surface area contributed by atoms with Crippen molar-refractivity contribution in [2.45, 2.75) is 38.4 Å². The summed E-state index contributed by atoms with van der Waals surface area (Å²) in [5.74, 6) is 1.00. The van der Waals surface area contributed by atoms with Crippen LogP contribution in [0.1, 0.15) is 32.3 Å². The standard InChI is InChI=1S/C15H20N2O3/c1-15(2,3)20-14(18)17-7-9-12(8-17)19-11-6-4-5-10(16)13(9)11/h4-6,9,12H,7-8,16H2,1-3H3/t9-,12-/m0/s1. The van der Waals surface area contributed by atoms with Gasteiger partial charge in [-0.05, 0) is 32.9 Å². The molecule has 0 aromatic heterocycles. The van der Waals surface area contributed by atoms with Gasteiger partial charge in [0.2, 0.25) is 0 Å². The van der Waals surface area contributed by atoms with Crippen molar-refractivity contribution in [3.63, 3.8) is 0 Å². The van der Waals surface area contributed by atoms with Gasteiger partial charge in [-0.25, -0.2) is 4.79 Å². The van der Waals surface area contributed by atoms with Gasteiger partial charge < -0.3 is 20.1 Å². The maximum absolute atomic E-state index is 12.1. The van der Waals surface area contributed by atoms with Crippen molar-refractivity contribution in [2.24, 2.45) is 0 Å². The van der Waals surface area contributed by atoms with E-state index in [4.69, 9.17) is 15.2 Å². The van der Waals surface area contributed by atoms with Crippen LogP contribution >= 0.6 is 0 Å². The minimum atomic E-state index is -0.480. The molecule has 2 aliphatic rings. The number of nitrogen functional groups attached to an aromatic ring is 1. The monoisotopic (exact) mass is 276 g/mol. The van der Waals surface area contributed by atoms with Crippen LogP contribution in [0.4, 0.5) is 10.5 Å². The van der Waals surface area contributed by atoms with Crippen LogP contribution in [-0.4, -0.2) is 35.8 Å². The van der Waals surface area contributed by atoms with Gasteiger partial charge in [-0.15, -0.1) is 0 Å². The molecule has 0 saturated carbocycles. The van der Waals surface area contributed by atoms with E-state index < -0.39 is 5.60 Å². The summed E-state index contributed by atoms with van der Waals surface area (Å²) in [6, 6.07) is 5.70. The Bertz CT molecular complexity index is 551. The number of rotatable bonds is 0. The van der Waals surface area contributed by atoms with Crippen LogP contribution in [0.2, 0.25) is 0 Å². The van der Waals surface area contributed by atoms with Crippen molar-refractivity contribution >= 4 is 11.8 Å². The molecule has 0 radical (unpaired) electrons. The van der Waals surface area contributed by atoms with Crippen molar-refractivity contribution in [1.29, 1.82) is 0 Å². The molecule has 0 unspecified atom stereocenters. The normalized spacial score (nSPS) is 24.1. The Morgan fingerprint density at radius 2 is 2.15 bits per heavy atom. The first-order valence-electron chi connectivity index (χ1n) is 6.88. The third kappa shape index (κ3) is 2.17. The molecule has 2 aliphatic heterocycles. The zero-order valence-electron chi connectivity index (χ0n) is 12.1. The SMILES string of the molecule is CC(C)(C)OC(=O)N1C[C@@H]2Oc3cccc(N)c3[C@H]2C1. The van der Waals surface area contributed by atoms with E-state index in [2.05, 4.69) is 0 Å². The van der Waals surface area contributed by atoms with Crippen LogP contribution in [0.15, 0.2) is 18.2 Å². The number of anilines is 1. The molecule has 2 atom stereocenters. The van der Waals surface area contributed by atoms with E-state index in [0.29, 0.717) is 13.1 Å². The maximum Gasteiger partial charge on any atom is 0.410 e. The van der Waals surface area contributed by atoms with Gasteiger partial charge in [0.05, 0.1) is 6.54 Å². The Labute approximate surface area is 118 Å². The van der Waals surface area contributed by atoms with Crippen LogP contribution in [-0.2, 0) is 4.74 Å². The Morgan fingerprint density at radius 3 is 2.85 bits per heavy atom. The molecule has 5 nitrogen and oxygen atoms in total. The second-order valence-corrected chi connectivity index (χ2v) is 6.41. The summed E-state index contributed by atoms with van der Waals surface area (Å²) in [5, 5.41) is 0. The molecule has 0 bridgehead atoms. The second-order valence-electron chi connectivity index (χ2n) is 6.41. The highest BCUT2D eigenvalue weighted by molar-refractivity contribution is 5.70. The van der Waals surface area contributed by atoms with Crippen LogP contribution in [0.5, 0.6) is 5.75 Å². The number of fused-ring (bicyclic) bond motifs is 3. The first kappa shape index (κ1) is 13.1. The maximum atomic E-state index is 12.1. The summed E-state index contributed by atoms with van der Waals surface area (Å²) in [6.07, 6.45) is -0.297. The largest absolute Gasteiger partial charge is 0.487 e. The number of carbonyl (C=O) groups is 1. The molecule has 1 aromatic rings. The van der Waals surface area contributed by atoms with E-state index in [9.17, 15) is 4.79 Å². The zero-order valence-corrected chi connectivity index (χ0v) is 12.1. The van der Waals surface area contributed by atoms with Gasteiger partial charge in [-0.1, -0.05) is 6.07 Å². The fraction of sp³-hybridized carbons (Fsp3) is 0.533. The molecule has 0 spiro atoms. The van der Waals surface area contributed by atoms with Crippen molar-refractivity contribution in [1.82, 2.24) is 4.90 Å². The second kappa shape index (κ2) is 4.30. The number of benzene rings is 1. The third-order valence-electron chi connectivity index (χ3n) is 3.67. The first-order valence-corrected chi connectivity index (χ1v) is 6.88. The molecule has 108 valence electrons. The number of nitrogens with zero attached hydrogens (tertiary/aromatic N) is 1. The average molecular weight is 276 g/mol. The molecular weight excluding hydrogens is 256 g/mol. The highest BCUT2D eigenvalue weighted by Crippen LogP contribution is 2.45. The number of nitrogens with two attached hydrogens (primary N) is 1. The van der Waals surface area contributed by atoms with Gasteiger partial charge in [0, 0.05) is 23.7 Å². The van der Waals surface area contributed by atoms with E-state index in [0.717, 1.165) is 17.0 Å². The molecule has 1 amide bonds. The summed E-state index contributed by atoms with van der Waals surface area (Å²) < 4.78 is 11.3. The molecule has 1 saturated heterocycles. The van der Waals surface area contributed by atoms with Crippen LogP contribution in [0.25, 0.3) is 0 Å². The Balaban J connectivity index is 1.76. The van der Waals surface area contributed by atoms with Crippen molar-refractivity contribution in [2.75, 3.05) is 18.8 Å². The summed E-state index contributed by atoms with van der Waals surface area (Å²) >= 11 is 0. The lowest BCUT2D eigenvalue weighted by Gasteiger charge is -2.24. The Kier molecular flexibility index (Phi) is 2.81. The number of amides is 1. The summed E-state index contributed by atoms with van der Waals surface area (Å²) in [4.78, 5) is 13.8. The van der Waals surface area contributed by atoms with E-state index >= 15 is 0 Å². The predicted octanol–water partition coefficient (Wildman–Crippen LogP) is 2.36. The molecule has 5 heteroatoms. The Morgan fingerprint density at radius 1 is 1.40 bits per heavy atom. The van der Waals surface area contributed by atoms with Crippen LogP contribution < -0.4 is 10.5 Å². The lowest BCUT2D eigenvalue weighted by Crippen LogP contribution is -2.36. The quantitative estimate of drug-likeness (QED) is 0.739. The molecule has 2 N–H and O–H groups in total. The predicted molar refractivity (Wildman–Crippen MR) is 75.8 cm³/mol.